The van der Waals surface area contributed by atoms with Gasteiger partial charge in [0.1, 0.15) is 0 Å². The van der Waals surface area contributed by atoms with Crippen molar-refractivity contribution in [3.8, 4) is 0 Å². The Hall–Kier alpha value is -2.08. The number of hydrogen-bond acceptors (Lipinski definition) is 0. The highest BCUT2D eigenvalue weighted by Crippen LogP contribution is 2.77. The molecule has 262 valence electrons. The molecule has 50 heavy (non-hydrogen) atoms. The summed E-state index contributed by atoms with van der Waals surface area (Å²) in [5, 5.41) is 2.92. The van der Waals surface area contributed by atoms with Gasteiger partial charge in [0.25, 0.3) is 0 Å². The fourth-order valence-electron chi connectivity index (χ4n) is 18.7. The minimum atomic E-state index is 0.766. The Kier molecular flexibility index (Phi) is 6.82. The van der Waals surface area contributed by atoms with E-state index in [9.17, 15) is 0 Å². The van der Waals surface area contributed by atoms with Crippen LogP contribution < -0.4 is 0 Å². The highest BCUT2D eigenvalue weighted by molar-refractivity contribution is 5.83. The van der Waals surface area contributed by atoms with Gasteiger partial charge in [-0.2, -0.15) is 0 Å². The van der Waals surface area contributed by atoms with Gasteiger partial charge in [-0.1, -0.05) is 73.5 Å². The Bertz CT molecular complexity index is 1750. The molecule has 0 heterocycles. The molecule has 3 aromatic rings. The van der Waals surface area contributed by atoms with Crippen LogP contribution in [-0.4, -0.2) is 0 Å². The first-order valence-corrected chi connectivity index (χ1v) is 22.2. The molecule has 18 unspecified atom stereocenters. The van der Waals surface area contributed by atoms with Crippen LogP contribution in [0.15, 0.2) is 60.7 Å². The van der Waals surface area contributed by atoms with Gasteiger partial charge in [0.2, 0.25) is 0 Å². The molecule has 9 saturated carbocycles. The summed E-state index contributed by atoms with van der Waals surface area (Å²) in [6.07, 6.45) is 21.8. The van der Waals surface area contributed by atoms with Crippen LogP contribution in [0, 0.1) is 109 Å². The molecule has 0 bridgehead atoms. The SMILES string of the molecule is Cc1cccc(C)c1C1C2CCCCC2C(c2ccc3ccccc3c2)C2C3CCC4C5CCC6CCC7CCC(C8CCC(C3C48)C12)C5C67. The first-order valence-electron chi connectivity index (χ1n) is 22.2. The van der Waals surface area contributed by atoms with E-state index in [1.54, 1.807) is 80.9 Å². The summed E-state index contributed by atoms with van der Waals surface area (Å²) in [5.74, 6) is 17.9. The molecule has 9 aliphatic rings. The largest absolute Gasteiger partial charge is 0.0617 e. The Morgan fingerprint density at radius 3 is 1.54 bits per heavy atom. The van der Waals surface area contributed by atoms with Crippen LogP contribution in [0.4, 0.5) is 0 Å². The molecule has 0 aliphatic heterocycles. The smallest absolute Gasteiger partial charge is 0.00914 e. The molecular weight excluding hydrogens is 601 g/mol. The molecular formula is C50H62. The Labute approximate surface area is 303 Å². The summed E-state index contributed by atoms with van der Waals surface area (Å²) >= 11 is 0. The molecule has 12 rings (SSSR count). The lowest BCUT2D eigenvalue weighted by Gasteiger charge is -2.65. The van der Waals surface area contributed by atoms with Crippen LogP contribution in [-0.2, 0) is 0 Å². The van der Waals surface area contributed by atoms with E-state index in [0.717, 1.165) is 107 Å². The molecule has 0 aromatic heterocycles. The molecule has 3 aromatic carbocycles. The van der Waals surface area contributed by atoms with Crippen molar-refractivity contribution < 1.29 is 0 Å². The second kappa shape index (κ2) is 11.2. The van der Waals surface area contributed by atoms with E-state index in [1.807, 2.05) is 5.56 Å². The van der Waals surface area contributed by atoms with Crippen LogP contribution in [0.25, 0.3) is 10.8 Å². The number of rotatable bonds is 2. The second-order valence-corrected chi connectivity index (χ2v) is 20.4. The Morgan fingerprint density at radius 2 is 0.880 bits per heavy atom. The zero-order chi connectivity index (χ0) is 32.8. The Morgan fingerprint density at radius 1 is 0.380 bits per heavy atom. The molecule has 9 fully saturated rings. The van der Waals surface area contributed by atoms with E-state index in [1.165, 1.54) is 36.5 Å². The van der Waals surface area contributed by atoms with E-state index >= 15 is 0 Å². The molecule has 9 aliphatic carbocycles. The average molecular weight is 663 g/mol. The predicted octanol–water partition coefficient (Wildman–Crippen LogP) is 12.8. The summed E-state index contributed by atoms with van der Waals surface area (Å²) in [5.41, 5.74) is 6.81. The quantitative estimate of drug-likeness (QED) is 0.256. The first kappa shape index (κ1) is 30.4. The molecule has 0 radical (unpaired) electrons. The standard InChI is InChI=1S/C50H62/c1-27-8-7-9-28(2)42(27)48-35-13-6-5-12-34(35)44(33-17-14-29-10-3-4-11-32(29)26-33)49-40-24-22-38-36-20-18-30-15-16-31-19-21-37(45(36)43(30)31)39-23-25-41(50(48)49)47(40)46(38)39/h3-4,7-11,14,17,26,30-31,34-41,43-50H,5-6,12-13,15-16,18-25H2,1-2H3. The van der Waals surface area contributed by atoms with Gasteiger partial charge in [0.15, 0.2) is 0 Å². The number of aryl methyl sites for hydroxylation is 2. The van der Waals surface area contributed by atoms with E-state index in [2.05, 4.69) is 74.5 Å². The summed E-state index contributed by atoms with van der Waals surface area (Å²) in [6, 6.07) is 24.5. The molecule has 0 N–H and O–H groups in total. The van der Waals surface area contributed by atoms with Crippen LogP contribution in [0.1, 0.15) is 124 Å². The minimum absolute atomic E-state index is 0.766. The van der Waals surface area contributed by atoms with Crippen molar-refractivity contribution in [3.63, 3.8) is 0 Å². The average Bonchev–Trinajstić information content (AvgIpc) is 3.73. The van der Waals surface area contributed by atoms with Crippen molar-refractivity contribution in [3.05, 3.63) is 82.9 Å². The second-order valence-electron chi connectivity index (χ2n) is 20.4. The van der Waals surface area contributed by atoms with Crippen molar-refractivity contribution in [2.45, 2.75) is 116 Å². The normalized spacial score (nSPS) is 49.5. The Balaban J connectivity index is 1.02. The molecule has 0 amide bonds. The lowest BCUT2D eigenvalue weighted by Crippen LogP contribution is -2.59. The lowest BCUT2D eigenvalue weighted by atomic mass is 9.40. The van der Waals surface area contributed by atoms with Crippen molar-refractivity contribution in [1.29, 1.82) is 0 Å². The fraction of sp³-hybridized carbons (Fsp3) is 0.680. The monoisotopic (exact) mass is 662 g/mol. The molecule has 18 atom stereocenters. The topological polar surface area (TPSA) is 0 Å². The third-order valence-electron chi connectivity index (χ3n) is 19.5. The van der Waals surface area contributed by atoms with Gasteiger partial charge in [-0.3, -0.25) is 0 Å². The number of fused-ring (bicyclic) bond motifs is 7. The number of hydrogen-bond donors (Lipinski definition) is 0. The first-order chi connectivity index (χ1) is 24.7. The number of benzene rings is 3. The van der Waals surface area contributed by atoms with Gasteiger partial charge in [0, 0.05) is 0 Å². The molecule has 0 saturated heterocycles. The zero-order valence-electron chi connectivity index (χ0n) is 31.1. The summed E-state index contributed by atoms with van der Waals surface area (Å²) in [7, 11) is 0. The maximum absolute atomic E-state index is 2.71. The summed E-state index contributed by atoms with van der Waals surface area (Å²) in [6.45, 7) is 4.99. The third kappa shape index (κ3) is 4.01. The summed E-state index contributed by atoms with van der Waals surface area (Å²) in [4.78, 5) is 0. The van der Waals surface area contributed by atoms with Gasteiger partial charge in [-0.25, -0.2) is 0 Å². The predicted molar refractivity (Wildman–Crippen MR) is 206 cm³/mol. The van der Waals surface area contributed by atoms with Gasteiger partial charge in [-0.05, 0) is 230 Å². The van der Waals surface area contributed by atoms with Crippen molar-refractivity contribution in [2.24, 2.45) is 94.7 Å². The maximum Gasteiger partial charge on any atom is -0.00914 e. The van der Waals surface area contributed by atoms with E-state index in [4.69, 9.17) is 0 Å². The highest BCUT2D eigenvalue weighted by Gasteiger charge is 2.70. The van der Waals surface area contributed by atoms with Gasteiger partial charge < -0.3 is 0 Å². The van der Waals surface area contributed by atoms with Gasteiger partial charge in [-0.15, -0.1) is 0 Å². The zero-order valence-corrected chi connectivity index (χ0v) is 31.1. The fourth-order valence-corrected chi connectivity index (χ4v) is 18.7. The van der Waals surface area contributed by atoms with E-state index in [0.29, 0.717) is 0 Å². The van der Waals surface area contributed by atoms with Crippen LogP contribution in [0.3, 0.4) is 0 Å². The van der Waals surface area contributed by atoms with Crippen LogP contribution in [0.2, 0.25) is 0 Å². The minimum Gasteiger partial charge on any atom is -0.0617 e. The lowest BCUT2D eigenvalue weighted by molar-refractivity contribution is -0.169. The maximum atomic E-state index is 2.71. The van der Waals surface area contributed by atoms with Crippen molar-refractivity contribution in [2.75, 3.05) is 0 Å². The van der Waals surface area contributed by atoms with Crippen molar-refractivity contribution >= 4 is 10.8 Å². The van der Waals surface area contributed by atoms with Gasteiger partial charge in [0.05, 0.1) is 0 Å². The third-order valence-corrected chi connectivity index (χ3v) is 19.5. The van der Waals surface area contributed by atoms with Crippen molar-refractivity contribution in [1.82, 2.24) is 0 Å². The molecule has 0 heteroatoms. The van der Waals surface area contributed by atoms with Crippen LogP contribution in [0.5, 0.6) is 0 Å². The van der Waals surface area contributed by atoms with Gasteiger partial charge >= 0.3 is 0 Å². The van der Waals surface area contributed by atoms with Crippen LogP contribution >= 0.6 is 0 Å². The molecule has 0 nitrogen and oxygen atoms in total. The summed E-state index contributed by atoms with van der Waals surface area (Å²) < 4.78 is 0. The molecule has 0 spiro atoms. The van der Waals surface area contributed by atoms with E-state index in [-0.39, 0.29) is 0 Å². The highest BCUT2D eigenvalue weighted by atomic mass is 14.7. The van der Waals surface area contributed by atoms with E-state index < -0.39 is 0 Å².